The summed E-state index contributed by atoms with van der Waals surface area (Å²) in [6.07, 6.45) is 1.97. The standard InChI is InChI=1S/C23H18BrClN2O3/c24-14-6-7-20(28)16(10-14)19-11-18(13-5-8-21-22(9-13)30-12-29-21)26-23(27-19)15-3-1-2-4-17(15)25/h1-11,19,23,26-28H,12H2/p+1. The molecule has 2 heterocycles. The van der Waals surface area contributed by atoms with Gasteiger partial charge in [0.25, 0.3) is 0 Å². The van der Waals surface area contributed by atoms with Gasteiger partial charge in [-0.15, -0.1) is 0 Å². The summed E-state index contributed by atoms with van der Waals surface area (Å²) in [5.41, 5.74) is 3.71. The number of fused-ring (bicyclic) bond motifs is 1. The number of benzene rings is 3. The molecule has 0 aromatic heterocycles. The Labute approximate surface area is 187 Å². The van der Waals surface area contributed by atoms with Crippen LogP contribution in [-0.4, -0.2) is 11.9 Å². The first-order chi connectivity index (χ1) is 14.6. The van der Waals surface area contributed by atoms with Gasteiger partial charge >= 0.3 is 0 Å². The predicted molar refractivity (Wildman–Crippen MR) is 118 cm³/mol. The molecule has 0 amide bonds. The summed E-state index contributed by atoms with van der Waals surface area (Å²) in [5, 5.41) is 17.0. The van der Waals surface area contributed by atoms with Gasteiger partial charge in [-0.25, -0.2) is 0 Å². The van der Waals surface area contributed by atoms with E-state index in [-0.39, 0.29) is 24.8 Å². The average molecular weight is 487 g/mol. The van der Waals surface area contributed by atoms with Crippen molar-refractivity contribution in [1.29, 1.82) is 0 Å². The summed E-state index contributed by atoms with van der Waals surface area (Å²) in [5.74, 6) is 1.71. The summed E-state index contributed by atoms with van der Waals surface area (Å²) in [6.45, 7) is 0.232. The van der Waals surface area contributed by atoms with E-state index in [9.17, 15) is 5.11 Å². The summed E-state index contributed by atoms with van der Waals surface area (Å²) >= 11 is 10.0. The van der Waals surface area contributed by atoms with E-state index < -0.39 is 0 Å². The monoisotopic (exact) mass is 485 g/mol. The van der Waals surface area contributed by atoms with Crippen LogP contribution in [0.25, 0.3) is 5.70 Å². The van der Waals surface area contributed by atoms with E-state index in [1.807, 2.05) is 54.6 Å². The third kappa shape index (κ3) is 3.62. The molecular weight excluding hydrogens is 468 g/mol. The number of phenolic OH excluding ortho intramolecular Hbond substituents is 1. The second-order valence-corrected chi connectivity index (χ2v) is 8.54. The maximum Gasteiger partial charge on any atom is 0.231 e. The molecular formula is C23H19BrClN2O3+. The van der Waals surface area contributed by atoms with Crippen molar-refractivity contribution in [2.24, 2.45) is 0 Å². The fourth-order valence-electron chi connectivity index (χ4n) is 3.84. The maximum atomic E-state index is 10.5. The summed E-state index contributed by atoms with van der Waals surface area (Å²) < 4.78 is 11.9. The van der Waals surface area contributed by atoms with Crippen molar-refractivity contribution in [2.75, 3.05) is 6.79 Å². The third-order valence-electron chi connectivity index (χ3n) is 5.33. The number of hydrogen-bond donors (Lipinski definition) is 3. The quantitative estimate of drug-likeness (QED) is 0.510. The van der Waals surface area contributed by atoms with Crippen molar-refractivity contribution in [3.63, 3.8) is 0 Å². The minimum Gasteiger partial charge on any atom is -0.507 e. The Bertz CT molecular complexity index is 1150. The molecule has 5 nitrogen and oxygen atoms in total. The van der Waals surface area contributed by atoms with Crippen LogP contribution >= 0.6 is 27.5 Å². The fourth-order valence-corrected chi connectivity index (χ4v) is 4.48. The van der Waals surface area contributed by atoms with Gasteiger partial charge < -0.3 is 25.2 Å². The molecule has 0 radical (unpaired) electrons. The molecule has 7 heteroatoms. The molecule has 2 unspecified atom stereocenters. The zero-order valence-corrected chi connectivity index (χ0v) is 18.2. The van der Waals surface area contributed by atoms with E-state index >= 15 is 0 Å². The third-order valence-corrected chi connectivity index (χ3v) is 6.17. The van der Waals surface area contributed by atoms with E-state index in [1.54, 1.807) is 6.07 Å². The van der Waals surface area contributed by atoms with E-state index in [1.165, 1.54) is 0 Å². The van der Waals surface area contributed by atoms with Crippen LogP contribution in [0.15, 0.2) is 71.2 Å². The van der Waals surface area contributed by atoms with Crippen molar-refractivity contribution >= 4 is 33.2 Å². The van der Waals surface area contributed by atoms with Gasteiger partial charge in [0.1, 0.15) is 11.8 Å². The first-order valence-electron chi connectivity index (χ1n) is 9.55. The predicted octanol–water partition coefficient (Wildman–Crippen LogP) is 4.48. The Morgan fingerprint density at radius 2 is 1.83 bits per heavy atom. The number of aromatic hydroxyl groups is 1. The van der Waals surface area contributed by atoms with Crippen LogP contribution in [0.4, 0.5) is 0 Å². The highest BCUT2D eigenvalue weighted by molar-refractivity contribution is 9.10. The van der Waals surface area contributed by atoms with Gasteiger partial charge in [-0.1, -0.05) is 39.7 Å². The Hall–Kier alpha value is -2.67. The number of nitrogens with two attached hydrogens (primary N) is 1. The lowest BCUT2D eigenvalue weighted by Crippen LogP contribution is -2.89. The van der Waals surface area contributed by atoms with Crippen LogP contribution in [0.1, 0.15) is 28.9 Å². The number of phenols is 1. The molecule has 0 saturated carbocycles. The van der Waals surface area contributed by atoms with Gasteiger partial charge in [0.2, 0.25) is 6.79 Å². The van der Waals surface area contributed by atoms with E-state index in [0.29, 0.717) is 5.02 Å². The molecule has 0 aliphatic carbocycles. The molecule has 0 bridgehead atoms. The van der Waals surface area contributed by atoms with E-state index in [4.69, 9.17) is 21.1 Å². The number of ether oxygens (including phenoxy) is 2. The van der Waals surface area contributed by atoms with Crippen LogP contribution in [-0.2, 0) is 0 Å². The lowest BCUT2D eigenvalue weighted by atomic mass is 9.97. The first kappa shape index (κ1) is 19.3. The van der Waals surface area contributed by atoms with Gasteiger partial charge in [0.15, 0.2) is 17.7 Å². The van der Waals surface area contributed by atoms with Crippen molar-refractivity contribution in [3.8, 4) is 17.2 Å². The largest absolute Gasteiger partial charge is 0.507 e. The topological polar surface area (TPSA) is 67.3 Å². The Kier molecular flexibility index (Phi) is 5.06. The molecule has 2 aliphatic rings. The van der Waals surface area contributed by atoms with Crippen LogP contribution in [0.5, 0.6) is 17.2 Å². The second kappa shape index (κ2) is 7.87. The number of quaternary nitrogens is 1. The van der Waals surface area contributed by atoms with Crippen molar-refractivity contribution in [3.05, 3.63) is 92.9 Å². The van der Waals surface area contributed by atoms with Crippen molar-refractivity contribution in [2.45, 2.75) is 12.2 Å². The molecule has 2 aliphatic heterocycles. The molecule has 4 N–H and O–H groups in total. The van der Waals surface area contributed by atoms with Crippen LogP contribution in [0.2, 0.25) is 5.02 Å². The van der Waals surface area contributed by atoms with Gasteiger partial charge in [-0.05, 0) is 48.5 Å². The molecule has 2 atom stereocenters. The van der Waals surface area contributed by atoms with Crippen LogP contribution < -0.4 is 20.1 Å². The van der Waals surface area contributed by atoms with Crippen LogP contribution in [0, 0.1) is 0 Å². The van der Waals surface area contributed by atoms with Gasteiger partial charge in [-0.3, -0.25) is 0 Å². The lowest BCUT2D eigenvalue weighted by Gasteiger charge is -2.30. The average Bonchev–Trinajstić information content (AvgIpc) is 3.23. The number of rotatable bonds is 3. The van der Waals surface area contributed by atoms with Crippen molar-refractivity contribution in [1.82, 2.24) is 5.32 Å². The number of nitrogens with one attached hydrogen (secondary N) is 1. The molecule has 152 valence electrons. The molecule has 0 saturated heterocycles. The smallest absolute Gasteiger partial charge is 0.231 e. The normalized spacial score (nSPS) is 19.9. The van der Waals surface area contributed by atoms with E-state index in [0.717, 1.165) is 38.4 Å². The molecule has 3 aromatic carbocycles. The van der Waals surface area contributed by atoms with Crippen LogP contribution in [0.3, 0.4) is 0 Å². The fraction of sp³-hybridized carbons (Fsp3) is 0.130. The van der Waals surface area contributed by atoms with Gasteiger partial charge in [0, 0.05) is 27.4 Å². The van der Waals surface area contributed by atoms with Crippen molar-refractivity contribution < 1.29 is 19.9 Å². The highest BCUT2D eigenvalue weighted by atomic mass is 79.9. The Morgan fingerprint density at radius 3 is 2.70 bits per heavy atom. The Balaban J connectivity index is 1.59. The number of halogens is 2. The molecule has 0 spiro atoms. The summed E-state index contributed by atoms with van der Waals surface area (Å²) in [7, 11) is 0. The molecule has 5 rings (SSSR count). The SMILES string of the molecule is Oc1ccc(Br)cc1C1C=C(c2ccc3c(c2)OCO3)NC(c2ccccc2Cl)[NH2+]1. The minimum atomic E-state index is -0.132. The number of hydrogen-bond acceptors (Lipinski definition) is 4. The molecule has 3 aromatic rings. The highest BCUT2D eigenvalue weighted by Crippen LogP contribution is 2.36. The van der Waals surface area contributed by atoms with Gasteiger partial charge in [-0.2, -0.15) is 0 Å². The lowest BCUT2D eigenvalue weighted by molar-refractivity contribution is -0.731. The maximum absolute atomic E-state index is 10.5. The van der Waals surface area contributed by atoms with E-state index in [2.05, 4.69) is 32.6 Å². The molecule has 30 heavy (non-hydrogen) atoms. The zero-order valence-electron chi connectivity index (χ0n) is 15.8. The first-order valence-corrected chi connectivity index (χ1v) is 10.7. The second-order valence-electron chi connectivity index (χ2n) is 7.21. The van der Waals surface area contributed by atoms with Gasteiger partial charge in [0.05, 0.1) is 10.6 Å². The summed E-state index contributed by atoms with van der Waals surface area (Å²) in [4.78, 5) is 0. The summed E-state index contributed by atoms with van der Waals surface area (Å²) in [6, 6.07) is 19.0. The zero-order chi connectivity index (χ0) is 20.7. The highest BCUT2D eigenvalue weighted by Gasteiger charge is 2.31. The minimum absolute atomic E-state index is 0.120. The molecule has 0 fully saturated rings. The Morgan fingerprint density at radius 1 is 1.00 bits per heavy atom.